The smallest absolute Gasteiger partial charge is 0.0728 e. The van der Waals surface area contributed by atoms with Crippen molar-refractivity contribution in [2.75, 3.05) is 11.9 Å². The maximum atomic E-state index is 5.64. The number of nitrogens with zero attached hydrogens (tertiary/aromatic N) is 1. The molecule has 2 aromatic rings. The summed E-state index contributed by atoms with van der Waals surface area (Å²) in [5.41, 5.74) is 8.13. The van der Waals surface area contributed by atoms with Gasteiger partial charge in [-0.25, -0.2) is 0 Å². The fraction of sp³-hybridized carbons (Fsp3) is 0.368. The molecule has 1 aliphatic rings. The van der Waals surface area contributed by atoms with Crippen LogP contribution in [0, 0.1) is 13.8 Å². The third kappa shape index (κ3) is 2.44. The van der Waals surface area contributed by atoms with Gasteiger partial charge in [-0.1, -0.05) is 30.3 Å². The van der Waals surface area contributed by atoms with E-state index >= 15 is 0 Å². The summed E-state index contributed by atoms with van der Waals surface area (Å²) in [5.74, 6) is 0. The number of hydrogen-bond acceptors (Lipinski definition) is 2. The minimum atomic E-state index is 0.352. The van der Waals surface area contributed by atoms with E-state index in [1.54, 1.807) is 0 Å². The van der Waals surface area contributed by atoms with Crippen molar-refractivity contribution in [1.29, 1.82) is 0 Å². The molecular formula is C19H23NO. The van der Waals surface area contributed by atoms with Gasteiger partial charge >= 0.3 is 0 Å². The highest BCUT2D eigenvalue weighted by Crippen LogP contribution is 2.36. The molecule has 1 atom stereocenters. The topological polar surface area (TPSA) is 12.5 Å². The molecule has 0 aliphatic carbocycles. The van der Waals surface area contributed by atoms with Crippen LogP contribution in [0.25, 0.3) is 0 Å². The second-order valence-corrected chi connectivity index (χ2v) is 5.99. The molecule has 0 amide bonds. The van der Waals surface area contributed by atoms with Gasteiger partial charge in [0.15, 0.2) is 0 Å². The Morgan fingerprint density at radius 1 is 1.05 bits per heavy atom. The summed E-state index contributed by atoms with van der Waals surface area (Å²) >= 11 is 0. The molecule has 110 valence electrons. The lowest BCUT2D eigenvalue weighted by atomic mass is 9.96. The number of rotatable bonds is 3. The first-order valence-electron chi connectivity index (χ1n) is 7.57. The van der Waals surface area contributed by atoms with Gasteiger partial charge in [-0.15, -0.1) is 0 Å². The van der Waals surface area contributed by atoms with E-state index in [-0.39, 0.29) is 0 Å². The summed E-state index contributed by atoms with van der Waals surface area (Å²) in [6.45, 7) is 8.19. The van der Waals surface area contributed by atoms with Gasteiger partial charge in [0.05, 0.1) is 19.3 Å². The van der Waals surface area contributed by atoms with E-state index < -0.39 is 0 Å². The highest BCUT2D eigenvalue weighted by atomic mass is 16.5. The predicted molar refractivity (Wildman–Crippen MR) is 87.7 cm³/mol. The summed E-state index contributed by atoms with van der Waals surface area (Å²) in [7, 11) is 2.18. The quantitative estimate of drug-likeness (QED) is 0.819. The van der Waals surface area contributed by atoms with E-state index in [0.717, 1.165) is 13.2 Å². The Balaban J connectivity index is 1.99. The molecule has 2 heteroatoms. The number of aryl methyl sites for hydroxylation is 1. The lowest BCUT2D eigenvalue weighted by molar-refractivity contribution is 0.134. The maximum Gasteiger partial charge on any atom is 0.0728 e. The van der Waals surface area contributed by atoms with Gasteiger partial charge in [-0.2, -0.15) is 0 Å². The number of fused-ring (bicyclic) bond motifs is 1. The highest BCUT2D eigenvalue weighted by Gasteiger charge is 2.22. The summed E-state index contributed by atoms with van der Waals surface area (Å²) in [4.78, 5) is 2.37. The van der Waals surface area contributed by atoms with Crippen LogP contribution < -0.4 is 4.90 Å². The van der Waals surface area contributed by atoms with Crippen LogP contribution >= 0.6 is 0 Å². The Bertz CT molecular complexity index is 648. The van der Waals surface area contributed by atoms with Gasteiger partial charge in [-0.05, 0) is 54.7 Å². The fourth-order valence-electron chi connectivity index (χ4n) is 3.20. The molecule has 0 spiro atoms. The summed E-state index contributed by atoms with van der Waals surface area (Å²) in [6, 6.07) is 13.3. The van der Waals surface area contributed by atoms with Crippen molar-refractivity contribution in [3.8, 4) is 0 Å². The molecule has 0 saturated heterocycles. The highest BCUT2D eigenvalue weighted by molar-refractivity contribution is 5.62. The van der Waals surface area contributed by atoms with Gasteiger partial charge in [-0.3, -0.25) is 0 Å². The molecule has 0 aromatic heterocycles. The monoisotopic (exact) mass is 281 g/mol. The number of benzene rings is 2. The molecule has 0 saturated carbocycles. The third-order valence-corrected chi connectivity index (χ3v) is 4.77. The Kier molecular flexibility index (Phi) is 3.73. The average Bonchev–Trinajstić information content (AvgIpc) is 3.01. The van der Waals surface area contributed by atoms with Crippen molar-refractivity contribution in [3.05, 3.63) is 64.2 Å². The van der Waals surface area contributed by atoms with Crippen LogP contribution in [0.1, 0.15) is 40.8 Å². The van der Waals surface area contributed by atoms with E-state index in [1.807, 2.05) is 0 Å². The van der Waals surface area contributed by atoms with Crippen molar-refractivity contribution in [2.45, 2.75) is 40.0 Å². The molecule has 0 fully saturated rings. The van der Waals surface area contributed by atoms with E-state index in [1.165, 1.54) is 33.5 Å². The zero-order valence-corrected chi connectivity index (χ0v) is 13.3. The standard InChI is InChI=1S/C19H23NO/c1-13-10-19(14(2)18-12-21-11-17(13)18)20(4)15(3)16-8-6-5-7-9-16/h5-10,15H,11-12H2,1-4H3. The molecule has 3 rings (SSSR count). The minimum absolute atomic E-state index is 0.352. The Hall–Kier alpha value is -1.80. The van der Waals surface area contributed by atoms with Crippen LogP contribution in [0.15, 0.2) is 36.4 Å². The average molecular weight is 281 g/mol. The largest absolute Gasteiger partial charge is 0.372 e. The Labute approximate surface area is 127 Å². The number of anilines is 1. The van der Waals surface area contributed by atoms with E-state index in [2.05, 4.69) is 69.1 Å². The molecule has 1 unspecified atom stereocenters. The molecule has 0 radical (unpaired) electrons. The number of hydrogen-bond donors (Lipinski definition) is 0. The second kappa shape index (κ2) is 5.53. The predicted octanol–water partition coefficient (Wildman–Crippen LogP) is 4.53. The molecule has 2 aromatic carbocycles. The van der Waals surface area contributed by atoms with Crippen molar-refractivity contribution in [3.63, 3.8) is 0 Å². The second-order valence-electron chi connectivity index (χ2n) is 5.99. The number of ether oxygens (including phenoxy) is 1. The van der Waals surface area contributed by atoms with Crippen LogP contribution in [0.2, 0.25) is 0 Å². The van der Waals surface area contributed by atoms with Crippen LogP contribution in [0.4, 0.5) is 5.69 Å². The maximum absolute atomic E-state index is 5.64. The van der Waals surface area contributed by atoms with Crippen LogP contribution in [0.5, 0.6) is 0 Å². The first kappa shape index (κ1) is 14.2. The van der Waals surface area contributed by atoms with Crippen molar-refractivity contribution in [1.82, 2.24) is 0 Å². The first-order chi connectivity index (χ1) is 10.1. The summed E-state index contributed by atoms with van der Waals surface area (Å²) in [5, 5.41) is 0. The normalized spacial score (nSPS) is 14.9. The first-order valence-corrected chi connectivity index (χ1v) is 7.57. The van der Waals surface area contributed by atoms with Crippen molar-refractivity contribution < 1.29 is 4.74 Å². The molecule has 0 N–H and O–H groups in total. The lowest BCUT2D eigenvalue weighted by Gasteiger charge is -2.30. The van der Waals surface area contributed by atoms with E-state index in [9.17, 15) is 0 Å². The van der Waals surface area contributed by atoms with E-state index in [0.29, 0.717) is 6.04 Å². The summed E-state index contributed by atoms with van der Waals surface area (Å²) in [6.07, 6.45) is 0. The SMILES string of the molecule is Cc1cc(N(C)C(C)c2ccccc2)c(C)c2c1COC2. The lowest BCUT2D eigenvalue weighted by Crippen LogP contribution is -2.23. The van der Waals surface area contributed by atoms with Gasteiger partial charge in [0.1, 0.15) is 0 Å². The van der Waals surface area contributed by atoms with Crippen LogP contribution in [0.3, 0.4) is 0 Å². The van der Waals surface area contributed by atoms with Gasteiger partial charge < -0.3 is 9.64 Å². The van der Waals surface area contributed by atoms with Gasteiger partial charge in [0.25, 0.3) is 0 Å². The Morgan fingerprint density at radius 3 is 2.43 bits per heavy atom. The van der Waals surface area contributed by atoms with Crippen molar-refractivity contribution in [2.24, 2.45) is 0 Å². The molecule has 2 nitrogen and oxygen atoms in total. The zero-order valence-electron chi connectivity index (χ0n) is 13.3. The van der Waals surface area contributed by atoms with Gasteiger partial charge in [0, 0.05) is 12.7 Å². The van der Waals surface area contributed by atoms with Gasteiger partial charge in [0.2, 0.25) is 0 Å². The molecule has 1 aliphatic heterocycles. The minimum Gasteiger partial charge on any atom is -0.372 e. The Morgan fingerprint density at radius 2 is 1.71 bits per heavy atom. The molecule has 1 heterocycles. The van der Waals surface area contributed by atoms with E-state index in [4.69, 9.17) is 4.74 Å². The fourth-order valence-corrected chi connectivity index (χ4v) is 3.20. The molecule has 21 heavy (non-hydrogen) atoms. The van der Waals surface area contributed by atoms with Crippen molar-refractivity contribution >= 4 is 5.69 Å². The third-order valence-electron chi connectivity index (χ3n) is 4.77. The zero-order chi connectivity index (χ0) is 15.0. The molecular weight excluding hydrogens is 258 g/mol. The van der Waals surface area contributed by atoms with Crippen LogP contribution in [-0.4, -0.2) is 7.05 Å². The van der Waals surface area contributed by atoms with Crippen LogP contribution in [-0.2, 0) is 18.0 Å². The summed E-state index contributed by atoms with van der Waals surface area (Å²) < 4.78 is 5.64. The molecule has 0 bridgehead atoms.